The first-order valence-corrected chi connectivity index (χ1v) is 9.21. The molecular weight excluding hydrogens is 366 g/mol. The third-order valence-corrected chi connectivity index (χ3v) is 4.30. The van der Waals surface area contributed by atoms with Gasteiger partial charge in [-0.2, -0.15) is 0 Å². The third kappa shape index (κ3) is 6.56. The summed E-state index contributed by atoms with van der Waals surface area (Å²) in [6.45, 7) is 3.94. The van der Waals surface area contributed by atoms with E-state index in [1.54, 1.807) is 20.4 Å². The molecule has 0 saturated carbocycles. The number of likely N-dealkylation sites (N-methyl/N-ethyl adjacent to an activating group) is 1. The molecule has 2 aromatic rings. The number of guanidine groups is 1. The number of aryl methyl sites for hydroxylation is 1. The van der Waals surface area contributed by atoms with Gasteiger partial charge < -0.3 is 20.1 Å². The van der Waals surface area contributed by atoms with Crippen LogP contribution in [0.4, 0.5) is 0 Å². The molecule has 0 aliphatic heterocycles. The molecule has 146 valence electrons. The fraction of sp³-hybridized carbons (Fsp3) is 0.444. The molecule has 0 aliphatic carbocycles. The molecule has 0 fully saturated rings. The molecule has 9 heteroatoms. The van der Waals surface area contributed by atoms with Crippen LogP contribution in [-0.4, -0.2) is 58.7 Å². The lowest BCUT2D eigenvalue weighted by molar-refractivity contribution is -0.127. The van der Waals surface area contributed by atoms with Crippen LogP contribution >= 0.6 is 11.6 Å². The quantitative estimate of drug-likeness (QED) is 0.523. The van der Waals surface area contributed by atoms with Crippen LogP contribution < -0.4 is 10.6 Å². The third-order valence-electron chi connectivity index (χ3n) is 3.93. The monoisotopic (exact) mass is 391 g/mol. The summed E-state index contributed by atoms with van der Waals surface area (Å²) in [6.07, 6.45) is 2.53. The van der Waals surface area contributed by atoms with Gasteiger partial charge in [-0.25, -0.2) is 4.99 Å². The van der Waals surface area contributed by atoms with Crippen LogP contribution in [0.1, 0.15) is 18.3 Å². The minimum atomic E-state index is -0.0330. The topological polar surface area (TPSA) is 87.4 Å². The molecule has 8 nitrogen and oxygen atoms in total. The highest BCUT2D eigenvalue weighted by Crippen LogP contribution is 2.15. The first-order chi connectivity index (χ1) is 13.0. The zero-order valence-electron chi connectivity index (χ0n) is 15.9. The summed E-state index contributed by atoms with van der Waals surface area (Å²) >= 11 is 6.19. The molecule has 0 aliphatic rings. The number of rotatable bonds is 8. The largest absolute Gasteiger partial charge is 0.355 e. The fourth-order valence-electron chi connectivity index (χ4n) is 2.32. The summed E-state index contributed by atoms with van der Waals surface area (Å²) in [7, 11) is 3.44. The van der Waals surface area contributed by atoms with Gasteiger partial charge in [-0.1, -0.05) is 36.7 Å². The Morgan fingerprint density at radius 2 is 2.07 bits per heavy atom. The van der Waals surface area contributed by atoms with Gasteiger partial charge in [0.25, 0.3) is 0 Å². The lowest BCUT2D eigenvalue weighted by Crippen LogP contribution is -2.43. The summed E-state index contributed by atoms with van der Waals surface area (Å²) in [5, 5.41) is 15.0. The lowest BCUT2D eigenvalue weighted by atomic mass is 10.2. The van der Waals surface area contributed by atoms with Crippen molar-refractivity contribution >= 4 is 23.5 Å². The highest BCUT2D eigenvalue weighted by molar-refractivity contribution is 6.31. The molecule has 0 spiro atoms. The normalized spacial score (nSPS) is 11.3. The molecule has 0 bridgehead atoms. The van der Waals surface area contributed by atoms with Crippen LogP contribution in [0.2, 0.25) is 5.02 Å². The summed E-state index contributed by atoms with van der Waals surface area (Å²) in [5.74, 6) is 1.45. The zero-order chi connectivity index (χ0) is 19.6. The van der Waals surface area contributed by atoms with Crippen LogP contribution in [0, 0.1) is 0 Å². The van der Waals surface area contributed by atoms with Crippen molar-refractivity contribution in [2.45, 2.75) is 26.4 Å². The van der Waals surface area contributed by atoms with Gasteiger partial charge >= 0.3 is 0 Å². The SMILES string of the molecule is CCc1nncn1CCNC(=NCc1ccccc1Cl)NCC(=O)N(C)C. The van der Waals surface area contributed by atoms with Crippen molar-refractivity contribution in [3.8, 4) is 0 Å². The predicted molar refractivity (Wildman–Crippen MR) is 107 cm³/mol. The van der Waals surface area contributed by atoms with Gasteiger partial charge in [-0.15, -0.1) is 10.2 Å². The van der Waals surface area contributed by atoms with E-state index in [2.05, 4.69) is 25.8 Å². The zero-order valence-corrected chi connectivity index (χ0v) is 16.7. The fourth-order valence-corrected chi connectivity index (χ4v) is 2.51. The molecule has 2 rings (SSSR count). The molecule has 0 unspecified atom stereocenters. The number of carbonyl (C=O) groups is 1. The van der Waals surface area contributed by atoms with E-state index in [1.807, 2.05) is 35.8 Å². The molecule has 27 heavy (non-hydrogen) atoms. The molecule has 1 heterocycles. The van der Waals surface area contributed by atoms with Crippen molar-refractivity contribution in [2.24, 2.45) is 4.99 Å². The van der Waals surface area contributed by atoms with Gasteiger partial charge in [0.1, 0.15) is 12.2 Å². The van der Waals surface area contributed by atoms with Crippen molar-refractivity contribution in [3.63, 3.8) is 0 Å². The van der Waals surface area contributed by atoms with Gasteiger partial charge in [0, 0.05) is 38.6 Å². The number of aromatic nitrogens is 3. The van der Waals surface area contributed by atoms with Crippen LogP contribution in [0.25, 0.3) is 0 Å². The number of aliphatic imine (C=N–C) groups is 1. The standard InChI is InChI=1S/C18H26ClN7O/c1-4-16-24-23-13-26(16)10-9-20-18(22-12-17(27)25(2)3)21-11-14-7-5-6-8-15(14)19/h5-8,13H,4,9-12H2,1-3H3,(H2,20,21,22). The van der Waals surface area contributed by atoms with E-state index in [0.717, 1.165) is 17.8 Å². The molecule has 1 amide bonds. The van der Waals surface area contributed by atoms with E-state index in [1.165, 1.54) is 4.90 Å². The van der Waals surface area contributed by atoms with E-state index in [4.69, 9.17) is 11.6 Å². The second-order valence-electron chi connectivity index (χ2n) is 6.12. The van der Waals surface area contributed by atoms with E-state index >= 15 is 0 Å². The maximum atomic E-state index is 11.9. The van der Waals surface area contributed by atoms with Gasteiger partial charge in [-0.3, -0.25) is 4.79 Å². The molecule has 0 saturated heterocycles. The predicted octanol–water partition coefficient (Wildman–Crippen LogP) is 1.32. The van der Waals surface area contributed by atoms with Crippen LogP contribution in [0.5, 0.6) is 0 Å². The Labute approximate surface area is 164 Å². The van der Waals surface area contributed by atoms with Crippen LogP contribution in [0.15, 0.2) is 35.6 Å². The highest BCUT2D eigenvalue weighted by atomic mass is 35.5. The van der Waals surface area contributed by atoms with Crippen molar-refractivity contribution < 1.29 is 4.79 Å². The minimum absolute atomic E-state index is 0.0330. The number of nitrogens with zero attached hydrogens (tertiary/aromatic N) is 5. The Hall–Kier alpha value is -2.61. The van der Waals surface area contributed by atoms with Crippen molar-refractivity contribution in [2.75, 3.05) is 27.2 Å². The molecule has 1 aromatic carbocycles. The summed E-state index contributed by atoms with van der Waals surface area (Å²) < 4.78 is 1.99. The van der Waals surface area contributed by atoms with Gasteiger partial charge in [0.15, 0.2) is 5.96 Å². The minimum Gasteiger partial charge on any atom is -0.355 e. The van der Waals surface area contributed by atoms with Gasteiger partial charge in [0.05, 0.1) is 13.1 Å². The van der Waals surface area contributed by atoms with E-state index in [9.17, 15) is 4.79 Å². The second kappa shape index (κ2) is 10.5. The van der Waals surface area contributed by atoms with E-state index in [-0.39, 0.29) is 12.5 Å². The average molecular weight is 392 g/mol. The van der Waals surface area contributed by atoms with Gasteiger partial charge in [-0.05, 0) is 11.6 Å². The number of hydrogen-bond acceptors (Lipinski definition) is 4. The van der Waals surface area contributed by atoms with Crippen LogP contribution in [-0.2, 0) is 24.3 Å². The molecule has 0 radical (unpaired) electrons. The van der Waals surface area contributed by atoms with Crippen molar-refractivity contribution in [3.05, 3.63) is 47.0 Å². The van der Waals surface area contributed by atoms with E-state index in [0.29, 0.717) is 30.6 Å². The number of carbonyl (C=O) groups excluding carboxylic acids is 1. The van der Waals surface area contributed by atoms with Crippen molar-refractivity contribution in [1.82, 2.24) is 30.3 Å². The van der Waals surface area contributed by atoms with Gasteiger partial charge in [0.2, 0.25) is 5.91 Å². The number of hydrogen-bond donors (Lipinski definition) is 2. The number of benzene rings is 1. The summed E-state index contributed by atoms with van der Waals surface area (Å²) in [6, 6.07) is 7.57. The number of nitrogens with one attached hydrogen (secondary N) is 2. The Morgan fingerprint density at radius 3 is 2.78 bits per heavy atom. The smallest absolute Gasteiger partial charge is 0.241 e. The first kappa shape index (κ1) is 20.7. The Bertz CT molecular complexity index is 773. The second-order valence-corrected chi connectivity index (χ2v) is 6.53. The van der Waals surface area contributed by atoms with E-state index < -0.39 is 0 Å². The Balaban J connectivity index is 1.98. The average Bonchev–Trinajstić information content (AvgIpc) is 3.11. The summed E-state index contributed by atoms with van der Waals surface area (Å²) in [5.41, 5.74) is 0.922. The summed E-state index contributed by atoms with van der Waals surface area (Å²) in [4.78, 5) is 17.9. The van der Waals surface area contributed by atoms with Crippen LogP contribution in [0.3, 0.4) is 0 Å². The highest BCUT2D eigenvalue weighted by Gasteiger charge is 2.07. The van der Waals surface area contributed by atoms with Crippen molar-refractivity contribution in [1.29, 1.82) is 0 Å². The molecular formula is C18H26ClN7O. The molecule has 1 aromatic heterocycles. The molecule has 2 N–H and O–H groups in total. The lowest BCUT2D eigenvalue weighted by Gasteiger charge is -2.15. The maximum Gasteiger partial charge on any atom is 0.241 e. The number of halogens is 1. The maximum absolute atomic E-state index is 11.9. The Kier molecular flexibility index (Phi) is 8.06. The molecule has 0 atom stereocenters. The Morgan fingerprint density at radius 1 is 1.30 bits per heavy atom. The first-order valence-electron chi connectivity index (χ1n) is 8.83. The number of amides is 1.